The lowest BCUT2D eigenvalue weighted by atomic mass is 10.1. The van der Waals surface area contributed by atoms with Crippen molar-refractivity contribution in [2.75, 3.05) is 7.11 Å². The molecule has 3 rings (SSSR count). The van der Waals surface area contributed by atoms with E-state index in [2.05, 4.69) is 4.98 Å². The lowest BCUT2D eigenvalue weighted by Gasteiger charge is -1.95. The maximum atomic E-state index is 11.3. The topological polar surface area (TPSA) is 72.6 Å². The van der Waals surface area contributed by atoms with Crippen molar-refractivity contribution in [3.05, 3.63) is 40.6 Å². The Labute approximate surface area is 124 Å². The van der Waals surface area contributed by atoms with Crippen molar-refractivity contribution in [3.8, 4) is 10.6 Å². The number of rotatable bonds is 4. The molecule has 0 amide bonds. The summed E-state index contributed by atoms with van der Waals surface area (Å²) < 4.78 is 10.7. The molecule has 0 bridgehead atoms. The lowest BCUT2D eigenvalue weighted by molar-refractivity contribution is 0.0697. The first kappa shape index (κ1) is 13.8. The standard InChI is InChI=1S/C15H13NO4S/c1-8-12(9-5-3-4-6-11(9)20-8)14-16-10(7-19-2)13(21-14)15(17)18/h3-6H,7H2,1-2H3,(H,17,18). The van der Waals surface area contributed by atoms with Gasteiger partial charge >= 0.3 is 5.97 Å². The number of hydrogen-bond donors (Lipinski definition) is 1. The van der Waals surface area contributed by atoms with Crippen LogP contribution in [0.5, 0.6) is 0 Å². The van der Waals surface area contributed by atoms with Crippen LogP contribution in [0.2, 0.25) is 0 Å². The van der Waals surface area contributed by atoms with Crippen molar-refractivity contribution in [2.24, 2.45) is 0 Å². The summed E-state index contributed by atoms with van der Waals surface area (Å²) in [4.78, 5) is 16.0. The van der Waals surface area contributed by atoms with Crippen LogP contribution in [0, 0.1) is 6.92 Å². The summed E-state index contributed by atoms with van der Waals surface area (Å²) in [5.41, 5.74) is 2.06. The minimum absolute atomic E-state index is 0.174. The van der Waals surface area contributed by atoms with Gasteiger partial charge in [-0.1, -0.05) is 18.2 Å². The molecule has 1 aromatic carbocycles. The molecule has 21 heavy (non-hydrogen) atoms. The van der Waals surface area contributed by atoms with E-state index in [9.17, 15) is 9.90 Å². The van der Waals surface area contributed by atoms with Crippen LogP contribution < -0.4 is 0 Å². The monoisotopic (exact) mass is 303 g/mol. The van der Waals surface area contributed by atoms with Gasteiger partial charge in [0.25, 0.3) is 0 Å². The van der Waals surface area contributed by atoms with E-state index < -0.39 is 5.97 Å². The zero-order valence-corrected chi connectivity index (χ0v) is 12.4. The Balaban J connectivity index is 2.21. The van der Waals surface area contributed by atoms with Crippen molar-refractivity contribution in [1.29, 1.82) is 0 Å². The van der Waals surface area contributed by atoms with Crippen molar-refractivity contribution in [2.45, 2.75) is 13.5 Å². The van der Waals surface area contributed by atoms with Crippen molar-refractivity contribution in [1.82, 2.24) is 4.98 Å². The molecular weight excluding hydrogens is 290 g/mol. The molecule has 0 aliphatic rings. The molecule has 1 N–H and O–H groups in total. The van der Waals surface area contributed by atoms with E-state index in [1.54, 1.807) is 0 Å². The molecule has 0 spiro atoms. The molecule has 5 nitrogen and oxygen atoms in total. The first-order valence-electron chi connectivity index (χ1n) is 6.32. The van der Waals surface area contributed by atoms with Gasteiger partial charge in [0.05, 0.1) is 17.9 Å². The normalized spacial score (nSPS) is 11.1. The number of hydrogen-bond acceptors (Lipinski definition) is 5. The number of methoxy groups -OCH3 is 1. The molecule has 6 heteroatoms. The Morgan fingerprint density at radius 1 is 1.43 bits per heavy atom. The van der Waals surface area contributed by atoms with Gasteiger partial charge in [-0.3, -0.25) is 0 Å². The van der Waals surface area contributed by atoms with E-state index in [1.165, 1.54) is 7.11 Å². The number of carboxylic acid groups (broad SMARTS) is 1. The van der Waals surface area contributed by atoms with Gasteiger partial charge in [0.1, 0.15) is 21.2 Å². The van der Waals surface area contributed by atoms with E-state index in [0.717, 1.165) is 33.6 Å². The summed E-state index contributed by atoms with van der Waals surface area (Å²) >= 11 is 1.14. The van der Waals surface area contributed by atoms with Crippen LogP contribution in [-0.4, -0.2) is 23.2 Å². The molecule has 0 fully saturated rings. The number of ether oxygens (including phenoxy) is 1. The number of fused-ring (bicyclic) bond motifs is 1. The van der Waals surface area contributed by atoms with Gasteiger partial charge in [0.15, 0.2) is 0 Å². The molecule has 0 radical (unpaired) electrons. The predicted molar refractivity (Wildman–Crippen MR) is 79.7 cm³/mol. The molecule has 2 heterocycles. The maximum absolute atomic E-state index is 11.3. The van der Waals surface area contributed by atoms with E-state index in [-0.39, 0.29) is 11.5 Å². The fourth-order valence-electron chi connectivity index (χ4n) is 2.29. The molecule has 0 saturated heterocycles. The zero-order valence-electron chi connectivity index (χ0n) is 11.5. The average molecular weight is 303 g/mol. The average Bonchev–Trinajstić information content (AvgIpc) is 2.99. The smallest absolute Gasteiger partial charge is 0.347 e. The highest BCUT2D eigenvalue weighted by atomic mass is 32.1. The quantitative estimate of drug-likeness (QED) is 0.795. The number of nitrogens with zero attached hydrogens (tertiary/aromatic N) is 1. The van der Waals surface area contributed by atoms with Gasteiger partial charge in [-0.15, -0.1) is 11.3 Å². The first-order valence-corrected chi connectivity index (χ1v) is 7.14. The highest BCUT2D eigenvalue weighted by Crippen LogP contribution is 2.37. The van der Waals surface area contributed by atoms with Crippen molar-refractivity contribution < 1.29 is 19.1 Å². The van der Waals surface area contributed by atoms with Crippen LogP contribution in [0.1, 0.15) is 21.1 Å². The summed E-state index contributed by atoms with van der Waals surface area (Å²) in [6.07, 6.45) is 0. The van der Waals surface area contributed by atoms with Crippen LogP contribution in [0.25, 0.3) is 21.5 Å². The van der Waals surface area contributed by atoms with Crippen LogP contribution in [0.15, 0.2) is 28.7 Å². The number of carbonyl (C=O) groups is 1. The number of benzene rings is 1. The number of furan rings is 1. The van der Waals surface area contributed by atoms with Gasteiger partial charge < -0.3 is 14.3 Å². The Morgan fingerprint density at radius 3 is 2.90 bits per heavy atom. The first-order chi connectivity index (χ1) is 10.1. The second kappa shape index (κ2) is 5.31. The molecule has 0 aliphatic carbocycles. The van der Waals surface area contributed by atoms with Crippen LogP contribution in [0.4, 0.5) is 0 Å². The van der Waals surface area contributed by atoms with Gasteiger partial charge in [0.2, 0.25) is 0 Å². The summed E-state index contributed by atoms with van der Waals surface area (Å²) in [5.74, 6) is -0.262. The summed E-state index contributed by atoms with van der Waals surface area (Å²) in [5, 5.41) is 10.9. The van der Waals surface area contributed by atoms with Gasteiger partial charge in [-0.2, -0.15) is 0 Å². The largest absolute Gasteiger partial charge is 0.477 e. The third-order valence-corrected chi connectivity index (χ3v) is 4.26. The fourth-order valence-corrected chi connectivity index (χ4v) is 3.31. The number of aromatic carboxylic acids is 1. The molecule has 0 unspecified atom stereocenters. The number of thiazole rings is 1. The van der Waals surface area contributed by atoms with E-state index in [0.29, 0.717) is 10.7 Å². The lowest BCUT2D eigenvalue weighted by Crippen LogP contribution is -1.99. The number of carboxylic acids is 1. The number of para-hydroxylation sites is 1. The van der Waals surface area contributed by atoms with E-state index in [4.69, 9.17) is 9.15 Å². The second-order valence-electron chi connectivity index (χ2n) is 4.56. The summed E-state index contributed by atoms with van der Waals surface area (Å²) in [6.45, 7) is 2.03. The Kier molecular flexibility index (Phi) is 3.48. The number of aryl methyl sites for hydroxylation is 1. The highest BCUT2D eigenvalue weighted by molar-refractivity contribution is 7.17. The SMILES string of the molecule is COCc1nc(-c2c(C)oc3ccccc23)sc1C(=O)O. The van der Waals surface area contributed by atoms with Crippen molar-refractivity contribution >= 4 is 28.3 Å². The minimum Gasteiger partial charge on any atom is -0.477 e. The van der Waals surface area contributed by atoms with E-state index in [1.807, 2.05) is 31.2 Å². The molecular formula is C15H13NO4S. The molecule has 108 valence electrons. The summed E-state index contributed by atoms with van der Waals surface area (Å²) in [6, 6.07) is 7.64. The molecule has 0 saturated carbocycles. The molecule has 0 atom stereocenters. The highest BCUT2D eigenvalue weighted by Gasteiger charge is 2.22. The molecule has 2 aromatic heterocycles. The Hall–Kier alpha value is -2.18. The van der Waals surface area contributed by atoms with Gasteiger partial charge in [-0.05, 0) is 13.0 Å². The molecule has 3 aromatic rings. The third-order valence-electron chi connectivity index (χ3n) is 3.16. The maximum Gasteiger partial charge on any atom is 0.347 e. The Morgan fingerprint density at radius 2 is 2.19 bits per heavy atom. The Bertz CT molecular complexity index is 818. The van der Waals surface area contributed by atoms with Crippen LogP contribution in [-0.2, 0) is 11.3 Å². The second-order valence-corrected chi connectivity index (χ2v) is 5.56. The van der Waals surface area contributed by atoms with E-state index >= 15 is 0 Å². The summed E-state index contributed by atoms with van der Waals surface area (Å²) in [7, 11) is 1.52. The van der Waals surface area contributed by atoms with Crippen molar-refractivity contribution in [3.63, 3.8) is 0 Å². The van der Waals surface area contributed by atoms with Crippen LogP contribution >= 0.6 is 11.3 Å². The third kappa shape index (κ3) is 2.32. The number of aromatic nitrogens is 1. The predicted octanol–water partition coefficient (Wildman–Crippen LogP) is 3.71. The fraction of sp³-hybridized carbons (Fsp3) is 0.200. The zero-order chi connectivity index (χ0) is 15.0. The minimum atomic E-state index is -0.990. The molecule has 0 aliphatic heterocycles. The van der Waals surface area contributed by atoms with Crippen LogP contribution in [0.3, 0.4) is 0 Å². The van der Waals surface area contributed by atoms with Gasteiger partial charge in [-0.25, -0.2) is 9.78 Å². The van der Waals surface area contributed by atoms with Gasteiger partial charge in [0, 0.05) is 12.5 Å².